The molecule has 0 aliphatic carbocycles. The Balaban J connectivity index is 2.12. The van der Waals surface area contributed by atoms with Crippen LogP contribution in [0.5, 0.6) is 0 Å². The van der Waals surface area contributed by atoms with Gasteiger partial charge in [-0.1, -0.05) is 0 Å². The molecular formula is C10H9BrN4OS. The van der Waals surface area contributed by atoms with Crippen molar-refractivity contribution >= 4 is 33.5 Å². The Labute approximate surface area is 110 Å². The predicted molar refractivity (Wildman–Crippen MR) is 70.2 cm³/mol. The zero-order chi connectivity index (χ0) is 11.8. The van der Waals surface area contributed by atoms with Crippen LogP contribution in [0.15, 0.2) is 21.2 Å². The zero-order valence-electron chi connectivity index (χ0n) is 8.74. The average Bonchev–Trinajstić information content (AvgIpc) is 2.95. The van der Waals surface area contributed by atoms with Crippen LogP contribution in [0.25, 0.3) is 11.6 Å². The summed E-state index contributed by atoms with van der Waals surface area (Å²) in [6.07, 6.45) is 0. The van der Waals surface area contributed by atoms with Crippen molar-refractivity contribution in [3.63, 3.8) is 0 Å². The summed E-state index contributed by atoms with van der Waals surface area (Å²) in [7, 11) is 0. The molecule has 0 spiro atoms. The van der Waals surface area contributed by atoms with Gasteiger partial charge in [0.05, 0.1) is 5.69 Å². The van der Waals surface area contributed by atoms with Gasteiger partial charge < -0.3 is 9.84 Å². The van der Waals surface area contributed by atoms with E-state index < -0.39 is 0 Å². The number of nitrogen functional groups attached to an aromatic ring is 1. The average molecular weight is 313 g/mol. The molecule has 7 heteroatoms. The van der Waals surface area contributed by atoms with Gasteiger partial charge in [0.2, 0.25) is 0 Å². The van der Waals surface area contributed by atoms with Crippen LogP contribution < -0.4 is 11.3 Å². The first-order valence-corrected chi connectivity index (χ1v) is 6.92. The van der Waals surface area contributed by atoms with Gasteiger partial charge in [0.15, 0.2) is 16.3 Å². The van der Waals surface area contributed by atoms with E-state index in [1.165, 1.54) is 0 Å². The molecule has 0 saturated heterocycles. The molecule has 3 rings (SSSR count). The van der Waals surface area contributed by atoms with Crippen LogP contribution in [-0.2, 0) is 11.5 Å². The minimum atomic E-state index is 0.560. The molecule has 0 bridgehead atoms. The monoisotopic (exact) mass is 312 g/mol. The Hall–Kier alpha value is -1.05. The third kappa shape index (κ3) is 1.94. The van der Waals surface area contributed by atoms with Crippen molar-refractivity contribution in [1.29, 1.82) is 0 Å². The fourth-order valence-electron chi connectivity index (χ4n) is 1.72. The lowest BCUT2D eigenvalue weighted by atomic mass is 10.2. The Morgan fingerprint density at radius 3 is 2.94 bits per heavy atom. The number of aromatic nitrogens is 2. The van der Waals surface area contributed by atoms with Crippen molar-refractivity contribution in [2.24, 2.45) is 5.84 Å². The molecular weight excluding hydrogens is 304 g/mol. The lowest BCUT2D eigenvalue weighted by Gasteiger charge is -2.07. The van der Waals surface area contributed by atoms with Gasteiger partial charge in [-0.3, -0.25) is 0 Å². The number of nitrogens with one attached hydrogen (secondary N) is 1. The summed E-state index contributed by atoms with van der Waals surface area (Å²) in [6.45, 7) is 0. The number of hydrazine groups is 1. The number of hydrogen-bond acceptors (Lipinski definition) is 6. The van der Waals surface area contributed by atoms with Crippen molar-refractivity contribution in [3.05, 3.63) is 28.1 Å². The third-order valence-electron chi connectivity index (χ3n) is 2.51. The lowest BCUT2D eigenvalue weighted by molar-refractivity contribution is 0.551. The van der Waals surface area contributed by atoms with E-state index in [1.54, 1.807) is 11.8 Å². The Kier molecular flexibility index (Phi) is 2.81. The summed E-state index contributed by atoms with van der Waals surface area (Å²) in [4.78, 5) is 8.87. The number of halogens is 1. The van der Waals surface area contributed by atoms with Gasteiger partial charge in [0.1, 0.15) is 5.82 Å². The molecule has 17 heavy (non-hydrogen) atoms. The van der Waals surface area contributed by atoms with Gasteiger partial charge in [0, 0.05) is 17.1 Å². The maximum absolute atomic E-state index is 5.49. The second-order valence-corrected chi connectivity index (χ2v) is 5.33. The van der Waals surface area contributed by atoms with E-state index in [0.717, 1.165) is 22.8 Å². The van der Waals surface area contributed by atoms with Gasteiger partial charge in [-0.05, 0) is 28.1 Å². The normalized spacial score (nSPS) is 13.8. The molecule has 0 aromatic carbocycles. The van der Waals surface area contributed by atoms with Crippen LogP contribution in [0.4, 0.5) is 5.82 Å². The fourth-order valence-corrected chi connectivity index (χ4v) is 3.06. The first-order valence-electron chi connectivity index (χ1n) is 4.98. The molecule has 3 heterocycles. The summed E-state index contributed by atoms with van der Waals surface area (Å²) in [6, 6.07) is 3.64. The number of rotatable bonds is 2. The van der Waals surface area contributed by atoms with Crippen molar-refractivity contribution in [2.45, 2.75) is 11.5 Å². The fraction of sp³-hybridized carbons (Fsp3) is 0.200. The second kappa shape index (κ2) is 4.32. The summed E-state index contributed by atoms with van der Waals surface area (Å²) >= 11 is 5.06. The highest BCUT2D eigenvalue weighted by atomic mass is 79.9. The maximum Gasteiger partial charge on any atom is 0.198 e. The molecule has 2 aromatic heterocycles. The Morgan fingerprint density at radius 1 is 1.35 bits per heavy atom. The molecule has 1 aliphatic heterocycles. The zero-order valence-corrected chi connectivity index (χ0v) is 11.1. The summed E-state index contributed by atoms with van der Waals surface area (Å²) < 4.78 is 6.11. The first-order chi connectivity index (χ1) is 8.28. The second-order valence-electron chi connectivity index (χ2n) is 3.56. The van der Waals surface area contributed by atoms with Crippen LogP contribution in [0.2, 0.25) is 0 Å². The maximum atomic E-state index is 5.49. The topological polar surface area (TPSA) is 77.0 Å². The molecule has 5 nitrogen and oxygen atoms in total. The largest absolute Gasteiger partial charge is 0.446 e. The van der Waals surface area contributed by atoms with Crippen LogP contribution in [0.3, 0.4) is 0 Å². The molecule has 0 saturated carbocycles. The number of nitrogens with two attached hydrogens (primary N) is 1. The molecule has 0 fully saturated rings. The summed E-state index contributed by atoms with van der Waals surface area (Å²) in [5, 5.41) is 0. The van der Waals surface area contributed by atoms with E-state index in [4.69, 9.17) is 10.3 Å². The minimum Gasteiger partial charge on any atom is -0.446 e. The van der Waals surface area contributed by atoms with Crippen molar-refractivity contribution in [2.75, 3.05) is 5.43 Å². The van der Waals surface area contributed by atoms with Crippen LogP contribution >= 0.6 is 27.7 Å². The highest BCUT2D eigenvalue weighted by molar-refractivity contribution is 9.10. The quantitative estimate of drug-likeness (QED) is 0.655. The number of fused-ring (bicyclic) bond motifs is 1. The minimum absolute atomic E-state index is 0.560. The van der Waals surface area contributed by atoms with E-state index in [-0.39, 0.29) is 0 Å². The van der Waals surface area contributed by atoms with Gasteiger partial charge in [-0.25, -0.2) is 15.8 Å². The first kappa shape index (κ1) is 11.1. The molecule has 2 aromatic rings. The number of furan rings is 1. The summed E-state index contributed by atoms with van der Waals surface area (Å²) in [5.41, 5.74) is 4.74. The molecule has 88 valence electrons. The van der Waals surface area contributed by atoms with Gasteiger partial charge >= 0.3 is 0 Å². The van der Waals surface area contributed by atoms with E-state index in [9.17, 15) is 0 Å². The van der Waals surface area contributed by atoms with E-state index >= 15 is 0 Å². The van der Waals surface area contributed by atoms with Gasteiger partial charge in [-0.2, -0.15) is 11.8 Å². The number of hydrogen-bond donors (Lipinski definition) is 2. The smallest absolute Gasteiger partial charge is 0.198 e. The van der Waals surface area contributed by atoms with Gasteiger partial charge in [0.25, 0.3) is 0 Å². The number of thioether (sulfide) groups is 1. The number of anilines is 1. The van der Waals surface area contributed by atoms with E-state index in [0.29, 0.717) is 22.1 Å². The Bertz CT molecular complexity index is 571. The van der Waals surface area contributed by atoms with E-state index in [1.807, 2.05) is 12.1 Å². The predicted octanol–water partition coefficient (Wildman–Crippen LogP) is 2.53. The van der Waals surface area contributed by atoms with E-state index in [2.05, 4.69) is 31.3 Å². The molecule has 3 N–H and O–H groups in total. The molecule has 0 unspecified atom stereocenters. The number of nitrogens with zero attached hydrogens (tertiary/aromatic N) is 2. The molecule has 0 amide bonds. The molecule has 0 radical (unpaired) electrons. The molecule has 1 aliphatic rings. The van der Waals surface area contributed by atoms with Crippen molar-refractivity contribution < 1.29 is 4.42 Å². The van der Waals surface area contributed by atoms with Crippen LogP contribution in [-0.4, -0.2) is 9.97 Å². The van der Waals surface area contributed by atoms with Gasteiger partial charge in [-0.15, -0.1) is 0 Å². The lowest BCUT2D eigenvalue weighted by Crippen LogP contribution is -2.12. The van der Waals surface area contributed by atoms with Crippen molar-refractivity contribution in [3.8, 4) is 11.6 Å². The summed E-state index contributed by atoms with van der Waals surface area (Å²) in [5.74, 6) is 9.15. The Morgan fingerprint density at radius 2 is 2.24 bits per heavy atom. The van der Waals surface area contributed by atoms with Crippen LogP contribution in [0.1, 0.15) is 11.3 Å². The third-order valence-corrected chi connectivity index (χ3v) is 3.90. The van der Waals surface area contributed by atoms with Crippen LogP contribution in [0, 0.1) is 0 Å². The SMILES string of the molecule is NNc1nc(-c2ccc(Br)o2)nc2c1CSC2. The highest BCUT2D eigenvalue weighted by Gasteiger charge is 2.20. The molecule has 0 atom stereocenters. The highest BCUT2D eigenvalue weighted by Crippen LogP contribution is 2.34. The standard InChI is InChI=1S/C10H9BrN4OS/c11-8-2-1-7(16-8)10-13-6-4-17-3-5(6)9(14-10)15-12/h1-2H,3-4,12H2,(H,13,14,15). The van der Waals surface area contributed by atoms with Crippen molar-refractivity contribution in [1.82, 2.24) is 9.97 Å².